The lowest BCUT2D eigenvalue weighted by Gasteiger charge is -2.11. The van der Waals surface area contributed by atoms with Gasteiger partial charge in [-0.25, -0.2) is 4.39 Å². The first-order valence-corrected chi connectivity index (χ1v) is 2.85. The van der Waals surface area contributed by atoms with E-state index in [0.717, 1.165) is 19.3 Å². The Kier molecular flexibility index (Phi) is 1.66. The van der Waals surface area contributed by atoms with Crippen LogP contribution in [0.5, 0.6) is 0 Å². The molecule has 0 amide bonds. The molecular formula is C6H10F. The Morgan fingerprint density at radius 3 is 2.71 bits per heavy atom. The molecule has 1 aliphatic rings. The maximum absolute atomic E-state index is 12.2. The number of rotatable bonds is 0. The van der Waals surface area contributed by atoms with Crippen molar-refractivity contribution < 1.29 is 4.39 Å². The number of alkyl halides is 1. The third-order valence-electron chi connectivity index (χ3n) is 1.35. The monoisotopic (exact) mass is 101 g/mol. The largest absolute Gasteiger partial charge is 0.247 e. The molecule has 1 fully saturated rings. The molecule has 7 heavy (non-hydrogen) atoms. The predicted octanol–water partition coefficient (Wildman–Crippen LogP) is 2.10. The van der Waals surface area contributed by atoms with Gasteiger partial charge in [0.1, 0.15) is 6.17 Å². The molecule has 0 aromatic heterocycles. The minimum atomic E-state index is -0.520. The van der Waals surface area contributed by atoms with E-state index >= 15 is 0 Å². The van der Waals surface area contributed by atoms with E-state index in [2.05, 4.69) is 0 Å². The van der Waals surface area contributed by atoms with Gasteiger partial charge in [-0.2, -0.15) is 0 Å². The van der Waals surface area contributed by atoms with Crippen molar-refractivity contribution in [1.82, 2.24) is 0 Å². The quantitative estimate of drug-likeness (QED) is 0.438. The van der Waals surface area contributed by atoms with Crippen LogP contribution in [0.15, 0.2) is 0 Å². The summed E-state index contributed by atoms with van der Waals surface area (Å²) in [7, 11) is 0. The Morgan fingerprint density at radius 1 is 1.57 bits per heavy atom. The molecule has 1 radical (unpaired) electrons. The minimum absolute atomic E-state index is 0.520. The number of hydrogen-bond donors (Lipinski definition) is 0. The third-order valence-corrected chi connectivity index (χ3v) is 1.35. The highest BCUT2D eigenvalue weighted by atomic mass is 19.1. The lowest BCUT2D eigenvalue weighted by atomic mass is 9.99. The zero-order valence-corrected chi connectivity index (χ0v) is 4.36. The van der Waals surface area contributed by atoms with Gasteiger partial charge < -0.3 is 0 Å². The van der Waals surface area contributed by atoms with E-state index in [1.165, 1.54) is 0 Å². The maximum atomic E-state index is 12.2. The van der Waals surface area contributed by atoms with E-state index in [9.17, 15) is 4.39 Å². The normalized spacial score (nSPS) is 25.3. The lowest BCUT2D eigenvalue weighted by Crippen LogP contribution is -2.05. The molecule has 1 atom stereocenters. The van der Waals surface area contributed by atoms with Gasteiger partial charge in [0.2, 0.25) is 0 Å². The first kappa shape index (κ1) is 5.07. The van der Waals surface area contributed by atoms with Gasteiger partial charge in [0.25, 0.3) is 0 Å². The molecule has 1 saturated carbocycles. The van der Waals surface area contributed by atoms with Crippen molar-refractivity contribution in [2.45, 2.75) is 31.9 Å². The molecule has 0 saturated heterocycles. The minimum Gasteiger partial charge on any atom is -0.247 e. The van der Waals surface area contributed by atoms with E-state index in [-0.39, 0.29) is 0 Å². The summed E-state index contributed by atoms with van der Waals surface area (Å²) in [6, 6.07) is 0. The second-order valence-electron chi connectivity index (χ2n) is 2.05. The van der Waals surface area contributed by atoms with Crippen LogP contribution in [-0.4, -0.2) is 6.17 Å². The third kappa shape index (κ3) is 1.46. The first-order chi connectivity index (χ1) is 3.39. The smallest absolute Gasteiger partial charge is 0.100 e. The molecule has 1 unspecified atom stereocenters. The van der Waals surface area contributed by atoms with E-state index in [1.54, 1.807) is 0 Å². The van der Waals surface area contributed by atoms with Crippen molar-refractivity contribution in [1.29, 1.82) is 0 Å². The molecule has 0 N–H and O–H groups in total. The zero-order chi connectivity index (χ0) is 5.11. The second-order valence-corrected chi connectivity index (χ2v) is 2.05. The maximum Gasteiger partial charge on any atom is 0.100 e. The van der Waals surface area contributed by atoms with Crippen LogP contribution in [0.3, 0.4) is 0 Å². The van der Waals surface area contributed by atoms with Gasteiger partial charge in [0.15, 0.2) is 0 Å². The van der Waals surface area contributed by atoms with E-state index in [0.29, 0.717) is 6.42 Å². The topological polar surface area (TPSA) is 0 Å². The van der Waals surface area contributed by atoms with Gasteiger partial charge in [-0.1, -0.05) is 6.42 Å². The van der Waals surface area contributed by atoms with Gasteiger partial charge in [-0.05, 0) is 25.7 Å². The predicted molar refractivity (Wildman–Crippen MR) is 27.7 cm³/mol. The van der Waals surface area contributed by atoms with Crippen LogP contribution < -0.4 is 0 Å². The Hall–Kier alpha value is -0.0700. The molecule has 0 aromatic rings. The van der Waals surface area contributed by atoms with Crippen molar-refractivity contribution in [3.63, 3.8) is 0 Å². The fourth-order valence-electron chi connectivity index (χ4n) is 0.900. The molecule has 1 rings (SSSR count). The van der Waals surface area contributed by atoms with Crippen LogP contribution in [0, 0.1) is 6.42 Å². The van der Waals surface area contributed by atoms with Crippen molar-refractivity contribution in [2.75, 3.05) is 0 Å². The van der Waals surface area contributed by atoms with Crippen LogP contribution in [0.2, 0.25) is 0 Å². The second kappa shape index (κ2) is 2.29. The van der Waals surface area contributed by atoms with Crippen LogP contribution in [-0.2, 0) is 0 Å². The molecule has 0 nitrogen and oxygen atoms in total. The summed E-state index contributed by atoms with van der Waals surface area (Å²) in [6.07, 6.45) is 5.18. The van der Waals surface area contributed by atoms with Gasteiger partial charge in [-0.15, -0.1) is 0 Å². The van der Waals surface area contributed by atoms with Crippen LogP contribution in [0.25, 0.3) is 0 Å². The van der Waals surface area contributed by atoms with Gasteiger partial charge in [0.05, 0.1) is 0 Å². The molecule has 0 bridgehead atoms. The molecule has 0 spiro atoms. The summed E-state index contributed by atoms with van der Waals surface area (Å²) < 4.78 is 12.2. The van der Waals surface area contributed by atoms with E-state index in [4.69, 9.17) is 0 Å². The summed E-state index contributed by atoms with van der Waals surface area (Å²) in [5, 5.41) is 0. The summed E-state index contributed by atoms with van der Waals surface area (Å²) in [4.78, 5) is 0. The SMILES string of the molecule is FC1C[CH]CCC1. The van der Waals surface area contributed by atoms with E-state index < -0.39 is 6.17 Å². The molecule has 1 heteroatoms. The standard InChI is InChI=1S/C6H10F/c7-6-4-2-1-3-5-6/h2,6H,1,3-5H2. The summed E-state index contributed by atoms with van der Waals surface area (Å²) in [5.41, 5.74) is 0. The molecule has 0 heterocycles. The van der Waals surface area contributed by atoms with E-state index in [1.807, 2.05) is 6.42 Å². The van der Waals surface area contributed by atoms with Crippen molar-refractivity contribution in [3.8, 4) is 0 Å². The number of halogens is 1. The highest BCUT2D eigenvalue weighted by molar-refractivity contribution is 4.76. The van der Waals surface area contributed by atoms with Crippen molar-refractivity contribution >= 4 is 0 Å². The van der Waals surface area contributed by atoms with Crippen LogP contribution >= 0.6 is 0 Å². The van der Waals surface area contributed by atoms with Gasteiger partial charge in [-0.3, -0.25) is 0 Å². The molecular weight excluding hydrogens is 91.1 g/mol. The molecule has 0 aliphatic heterocycles. The Labute approximate surface area is 43.7 Å². The number of hydrogen-bond acceptors (Lipinski definition) is 0. The zero-order valence-electron chi connectivity index (χ0n) is 4.36. The van der Waals surface area contributed by atoms with Gasteiger partial charge in [0, 0.05) is 0 Å². The lowest BCUT2D eigenvalue weighted by molar-refractivity contribution is 0.281. The fourth-order valence-corrected chi connectivity index (χ4v) is 0.900. The first-order valence-electron chi connectivity index (χ1n) is 2.85. The highest BCUT2D eigenvalue weighted by Crippen LogP contribution is 2.18. The van der Waals surface area contributed by atoms with Gasteiger partial charge >= 0.3 is 0 Å². The summed E-state index contributed by atoms with van der Waals surface area (Å²) in [6.45, 7) is 0. The van der Waals surface area contributed by atoms with Crippen LogP contribution in [0.1, 0.15) is 25.7 Å². The molecule has 1 aliphatic carbocycles. The van der Waals surface area contributed by atoms with Crippen molar-refractivity contribution in [2.24, 2.45) is 0 Å². The Morgan fingerprint density at radius 2 is 2.43 bits per heavy atom. The molecule has 0 aromatic carbocycles. The molecule has 41 valence electrons. The fraction of sp³-hybridized carbons (Fsp3) is 0.833. The highest BCUT2D eigenvalue weighted by Gasteiger charge is 2.10. The average molecular weight is 101 g/mol. The average Bonchev–Trinajstić information content (AvgIpc) is 1.69. The summed E-state index contributed by atoms with van der Waals surface area (Å²) in [5.74, 6) is 0. The van der Waals surface area contributed by atoms with Crippen LogP contribution in [0.4, 0.5) is 4.39 Å². The Balaban J connectivity index is 2.12. The van der Waals surface area contributed by atoms with Crippen molar-refractivity contribution in [3.05, 3.63) is 6.42 Å². The summed E-state index contributed by atoms with van der Waals surface area (Å²) >= 11 is 0. The Bertz CT molecular complexity index is 46.1.